The van der Waals surface area contributed by atoms with Gasteiger partial charge < -0.3 is 19.8 Å². The fourth-order valence-corrected chi connectivity index (χ4v) is 8.76. The van der Waals surface area contributed by atoms with E-state index in [0.717, 1.165) is 44.8 Å². The van der Waals surface area contributed by atoms with Crippen LogP contribution in [0.4, 0.5) is 34.1 Å². The molecule has 5 aromatic carbocycles. The van der Waals surface area contributed by atoms with Gasteiger partial charge in [0.15, 0.2) is 0 Å². The van der Waals surface area contributed by atoms with Crippen LogP contribution in [0.5, 0.6) is 0 Å². The van der Waals surface area contributed by atoms with Crippen molar-refractivity contribution >= 4 is 57.2 Å². The second kappa shape index (κ2) is 14.7. The molecule has 0 spiro atoms. The van der Waals surface area contributed by atoms with Crippen molar-refractivity contribution < 1.29 is 21.1 Å². The van der Waals surface area contributed by atoms with Gasteiger partial charge in [0.25, 0.3) is 0 Å². The zero-order chi connectivity index (χ0) is 38.1. The topological polar surface area (TPSA) is 32.3 Å². The summed E-state index contributed by atoms with van der Waals surface area (Å²) in [5.74, 6) is 0.788. The van der Waals surface area contributed by atoms with Gasteiger partial charge in [0.1, 0.15) is 0 Å². The smallest absolute Gasteiger partial charge is 0.352 e. The third kappa shape index (κ3) is 6.12. The molecular weight excluding hydrogens is 862 g/mol. The number of nitrogens with zero attached hydrogens (tertiary/aromatic N) is 4. The largest absolute Gasteiger partial charge is 2.00 e. The zero-order valence-electron chi connectivity index (χ0n) is 33.3. The molecule has 0 fully saturated rings. The van der Waals surface area contributed by atoms with Crippen molar-refractivity contribution in [1.29, 1.82) is 0 Å². The van der Waals surface area contributed by atoms with Gasteiger partial charge in [-0.1, -0.05) is 93.4 Å². The predicted molar refractivity (Wildman–Crippen MR) is 232 cm³/mol. The summed E-state index contributed by atoms with van der Waals surface area (Å²) in [6, 6.07) is 45.8. The maximum atomic E-state index is 4.90. The summed E-state index contributed by atoms with van der Waals surface area (Å²) in [7, 11) is 0. The number of hydrogen-bond donors (Lipinski definition) is 0. The van der Waals surface area contributed by atoms with E-state index in [4.69, 9.17) is 9.97 Å². The van der Waals surface area contributed by atoms with E-state index in [1.54, 1.807) is 0 Å². The van der Waals surface area contributed by atoms with Crippen LogP contribution in [0.1, 0.15) is 72.9 Å². The normalized spacial score (nSPS) is 12.7. The Balaban J connectivity index is 0.00000441. The first-order valence-corrected chi connectivity index (χ1v) is 19.5. The molecule has 0 saturated heterocycles. The van der Waals surface area contributed by atoms with E-state index in [-0.39, 0.29) is 27.8 Å². The molecule has 0 amide bonds. The maximum absolute atomic E-state index is 4.90. The van der Waals surface area contributed by atoms with Crippen molar-refractivity contribution in [2.75, 3.05) is 9.80 Å². The van der Waals surface area contributed by atoms with Crippen LogP contribution < -0.4 is 26.2 Å². The van der Waals surface area contributed by atoms with E-state index < -0.39 is 0 Å². The Kier molecular flexibility index (Phi) is 9.87. The quantitative estimate of drug-likeness (QED) is 0.123. The van der Waals surface area contributed by atoms with Crippen LogP contribution in [-0.4, -0.2) is 16.7 Å². The van der Waals surface area contributed by atoms with Gasteiger partial charge >= 0.3 is 21.1 Å². The fourth-order valence-electron chi connectivity index (χ4n) is 8.76. The number of para-hydroxylation sites is 2. The molecule has 2 aliphatic heterocycles. The first kappa shape index (κ1) is 37.7. The van der Waals surface area contributed by atoms with Crippen molar-refractivity contribution in [3.05, 3.63) is 161 Å². The molecule has 4 nitrogen and oxygen atoms in total. The number of anilines is 6. The van der Waals surface area contributed by atoms with Crippen LogP contribution in [0.3, 0.4) is 0 Å². The summed E-state index contributed by atoms with van der Waals surface area (Å²) < 4.78 is 0. The Morgan fingerprint density at radius 2 is 0.893 bits per heavy atom. The number of aryl methyl sites for hydroxylation is 4. The summed E-state index contributed by atoms with van der Waals surface area (Å²) in [4.78, 5) is 14.8. The Labute approximate surface area is 347 Å². The van der Waals surface area contributed by atoms with Gasteiger partial charge in [0, 0.05) is 35.1 Å². The molecule has 0 bridgehead atoms. The van der Waals surface area contributed by atoms with Gasteiger partial charge in [-0.15, -0.1) is 58.5 Å². The second-order valence-corrected chi connectivity index (χ2v) is 15.9. The number of fused-ring (bicyclic) bond motifs is 4. The fraction of sp³-hybridized carbons (Fsp3) is 0.200. The average molecular weight is 908 g/mol. The van der Waals surface area contributed by atoms with Crippen LogP contribution in [0.2, 0.25) is 0 Å². The molecule has 0 atom stereocenters. The molecule has 4 heterocycles. The van der Waals surface area contributed by atoms with E-state index in [2.05, 4.69) is 180 Å². The van der Waals surface area contributed by atoms with Crippen LogP contribution in [-0.2, 0) is 21.1 Å². The second-order valence-electron chi connectivity index (χ2n) is 15.9. The van der Waals surface area contributed by atoms with Gasteiger partial charge in [-0.25, -0.2) is 0 Å². The average Bonchev–Trinajstić information content (AvgIpc) is 3.19. The van der Waals surface area contributed by atoms with Crippen LogP contribution >= 0.6 is 0 Å². The first-order valence-electron chi connectivity index (χ1n) is 19.5. The number of hydrogen-bond acceptors (Lipinski definition) is 4. The van der Waals surface area contributed by atoms with Crippen molar-refractivity contribution in [2.24, 2.45) is 0 Å². The predicted octanol–water partition coefficient (Wildman–Crippen LogP) is 11.0. The SMILES string of the molecule is Cc1cccc(C)c1N1c2ccc(-c3cc(C(C)C)ccn3)[c-]c2B2c3[c-]c(-c4cc(C(C)C)ccn4)ccc3N(c3c(C)cccc3C)c3cccc1c32.[Pt+2]. The standard InChI is InChI=1S/C50H45BN4.Pt/c1-30(2)36-22-24-52-42(28-36)38-18-20-44-40(26-38)51-41-27-39(43-29-37(31(3)4)23-25-53-43)19-21-45(41)55(50-34(7)14-10-15-35(50)8)47-17-11-16-46(48(47)51)54(44)49-32(5)12-9-13-33(49)6;/h9-25,28-31H,1-8H3;/q-2;+2. The molecular formula is C50H45BN4Pt. The number of benzene rings is 5. The van der Waals surface area contributed by atoms with E-state index in [1.165, 1.54) is 61.6 Å². The molecule has 0 N–H and O–H groups in total. The van der Waals surface area contributed by atoms with Crippen LogP contribution in [0.25, 0.3) is 22.5 Å². The number of pyridine rings is 2. The van der Waals surface area contributed by atoms with E-state index in [0.29, 0.717) is 11.8 Å². The first-order chi connectivity index (χ1) is 26.6. The number of rotatable bonds is 6. The summed E-state index contributed by atoms with van der Waals surface area (Å²) in [6.45, 7) is 17.7. The van der Waals surface area contributed by atoms with Gasteiger partial charge in [-0.3, -0.25) is 0 Å². The molecule has 278 valence electrons. The summed E-state index contributed by atoms with van der Waals surface area (Å²) in [5.41, 5.74) is 21.8. The maximum Gasteiger partial charge on any atom is 2.00 e. The molecule has 0 saturated carbocycles. The minimum atomic E-state index is -0.140. The molecule has 0 aliphatic carbocycles. The molecule has 7 aromatic rings. The number of aromatic nitrogens is 2. The monoisotopic (exact) mass is 907 g/mol. The molecule has 2 aliphatic rings. The van der Waals surface area contributed by atoms with Crippen molar-refractivity contribution in [1.82, 2.24) is 9.97 Å². The molecule has 56 heavy (non-hydrogen) atoms. The molecule has 9 rings (SSSR count). The van der Waals surface area contributed by atoms with Crippen molar-refractivity contribution in [2.45, 2.75) is 67.2 Å². The van der Waals surface area contributed by atoms with Gasteiger partial charge in [0.2, 0.25) is 6.71 Å². The van der Waals surface area contributed by atoms with E-state index in [1.807, 2.05) is 12.4 Å². The van der Waals surface area contributed by atoms with Crippen molar-refractivity contribution in [3.63, 3.8) is 0 Å². The zero-order valence-corrected chi connectivity index (χ0v) is 35.6. The Morgan fingerprint density at radius 3 is 1.29 bits per heavy atom. The van der Waals surface area contributed by atoms with E-state index >= 15 is 0 Å². The van der Waals surface area contributed by atoms with Gasteiger partial charge in [-0.05, 0) is 114 Å². The Hall–Kier alpha value is -5.25. The van der Waals surface area contributed by atoms with E-state index in [9.17, 15) is 0 Å². The summed E-state index contributed by atoms with van der Waals surface area (Å²) in [5, 5.41) is 0. The molecule has 6 heteroatoms. The van der Waals surface area contributed by atoms with Crippen molar-refractivity contribution in [3.8, 4) is 22.5 Å². The molecule has 0 unspecified atom stereocenters. The minimum Gasteiger partial charge on any atom is -0.352 e. The Bertz CT molecular complexity index is 2430. The molecule has 2 aromatic heterocycles. The minimum absolute atomic E-state index is 0. The molecule has 0 radical (unpaired) electrons. The third-order valence-electron chi connectivity index (χ3n) is 11.6. The van der Waals surface area contributed by atoms with Gasteiger partial charge in [0.05, 0.1) is 0 Å². The summed E-state index contributed by atoms with van der Waals surface area (Å²) in [6.07, 6.45) is 3.87. The summed E-state index contributed by atoms with van der Waals surface area (Å²) >= 11 is 0. The van der Waals surface area contributed by atoms with Gasteiger partial charge in [-0.2, -0.15) is 0 Å². The third-order valence-corrected chi connectivity index (χ3v) is 11.6. The Morgan fingerprint density at radius 1 is 0.500 bits per heavy atom. The van der Waals surface area contributed by atoms with Crippen LogP contribution in [0, 0.1) is 39.8 Å². The van der Waals surface area contributed by atoms with Crippen LogP contribution in [0.15, 0.2) is 116 Å².